The molecule has 0 rings (SSSR count). The number of esters is 1. The Hall–Kier alpha value is -0.610. The van der Waals surface area contributed by atoms with Crippen LogP contribution in [-0.2, 0) is 9.53 Å². The topological polar surface area (TPSA) is 32.8 Å². The average Bonchev–Trinajstić information content (AvgIpc) is 2.01. The monoisotopic (exact) mass is 202 g/mol. The Labute approximate surface area is 86.8 Å². The molecular weight excluding hydrogens is 180 g/mol. The molecule has 0 saturated carbocycles. The van der Waals surface area contributed by atoms with Crippen molar-refractivity contribution in [1.82, 2.24) is 9.80 Å². The standard InChI is InChI=1S/C10H22N2O2/c1-6-14-10(13)9(7-11(2)3)8-12(4)5/h9H,6-8H2,1-5H3. The second-order valence-electron chi connectivity index (χ2n) is 3.97. The lowest BCUT2D eigenvalue weighted by atomic mass is 10.1. The summed E-state index contributed by atoms with van der Waals surface area (Å²) in [6.45, 7) is 3.75. The highest BCUT2D eigenvalue weighted by molar-refractivity contribution is 5.72. The van der Waals surface area contributed by atoms with Crippen molar-refractivity contribution in [3.8, 4) is 0 Å². The third kappa shape index (κ3) is 5.94. The van der Waals surface area contributed by atoms with Crippen molar-refractivity contribution in [3.05, 3.63) is 0 Å². The third-order valence-corrected chi connectivity index (χ3v) is 1.79. The highest BCUT2D eigenvalue weighted by Crippen LogP contribution is 2.03. The minimum Gasteiger partial charge on any atom is -0.466 e. The first-order valence-corrected chi connectivity index (χ1v) is 4.93. The first-order chi connectivity index (χ1) is 6.47. The molecule has 0 aromatic heterocycles. The fourth-order valence-corrected chi connectivity index (χ4v) is 1.35. The first-order valence-electron chi connectivity index (χ1n) is 4.93. The van der Waals surface area contributed by atoms with Gasteiger partial charge in [0.1, 0.15) is 0 Å². The molecule has 4 nitrogen and oxygen atoms in total. The van der Waals surface area contributed by atoms with Gasteiger partial charge in [-0.3, -0.25) is 4.79 Å². The van der Waals surface area contributed by atoms with Gasteiger partial charge >= 0.3 is 5.97 Å². The zero-order chi connectivity index (χ0) is 11.1. The molecule has 0 spiro atoms. The minimum absolute atomic E-state index is 0.0556. The number of carbonyl (C=O) groups excluding carboxylic acids is 1. The maximum absolute atomic E-state index is 11.5. The first kappa shape index (κ1) is 13.4. The van der Waals surface area contributed by atoms with Gasteiger partial charge in [-0.25, -0.2) is 0 Å². The van der Waals surface area contributed by atoms with Crippen LogP contribution in [0, 0.1) is 5.92 Å². The number of hydrogen-bond donors (Lipinski definition) is 0. The zero-order valence-corrected chi connectivity index (χ0v) is 9.91. The Balaban J connectivity index is 4.15. The smallest absolute Gasteiger partial charge is 0.311 e. The molecule has 0 unspecified atom stereocenters. The summed E-state index contributed by atoms with van der Waals surface area (Å²) in [5, 5.41) is 0. The minimum atomic E-state index is -0.102. The Morgan fingerprint density at radius 3 is 1.86 bits per heavy atom. The van der Waals surface area contributed by atoms with Gasteiger partial charge < -0.3 is 14.5 Å². The Morgan fingerprint density at radius 1 is 1.14 bits per heavy atom. The van der Waals surface area contributed by atoms with E-state index in [2.05, 4.69) is 0 Å². The molecule has 0 heterocycles. The number of nitrogens with zero attached hydrogens (tertiary/aromatic N) is 2. The van der Waals surface area contributed by atoms with E-state index in [4.69, 9.17) is 4.74 Å². The van der Waals surface area contributed by atoms with Crippen molar-refractivity contribution in [1.29, 1.82) is 0 Å². The Kier molecular flexibility index (Phi) is 6.49. The van der Waals surface area contributed by atoms with Gasteiger partial charge in [-0.2, -0.15) is 0 Å². The molecule has 4 heteroatoms. The van der Waals surface area contributed by atoms with E-state index in [1.54, 1.807) is 0 Å². The Bertz CT molecular complexity index is 160. The molecule has 0 bridgehead atoms. The lowest BCUT2D eigenvalue weighted by Gasteiger charge is -2.22. The van der Waals surface area contributed by atoms with Gasteiger partial charge in [0.05, 0.1) is 12.5 Å². The molecule has 0 fully saturated rings. The maximum Gasteiger partial charge on any atom is 0.311 e. The number of hydrogen-bond acceptors (Lipinski definition) is 4. The summed E-state index contributed by atoms with van der Waals surface area (Å²) in [6, 6.07) is 0. The molecule has 0 aliphatic heterocycles. The lowest BCUT2D eigenvalue weighted by Crippen LogP contribution is -2.36. The van der Waals surface area contributed by atoms with Crippen molar-refractivity contribution in [2.24, 2.45) is 5.92 Å². The summed E-state index contributed by atoms with van der Waals surface area (Å²) >= 11 is 0. The third-order valence-electron chi connectivity index (χ3n) is 1.79. The molecule has 84 valence electrons. The highest BCUT2D eigenvalue weighted by Gasteiger charge is 2.20. The van der Waals surface area contributed by atoms with E-state index in [1.807, 2.05) is 44.9 Å². The fourth-order valence-electron chi connectivity index (χ4n) is 1.35. The normalized spacial score (nSPS) is 11.4. The molecule has 0 N–H and O–H groups in total. The van der Waals surface area contributed by atoms with Gasteiger partial charge in [-0.15, -0.1) is 0 Å². The van der Waals surface area contributed by atoms with Crippen LogP contribution in [0.4, 0.5) is 0 Å². The van der Waals surface area contributed by atoms with E-state index in [-0.39, 0.29) is 11.9 Å². The van der Waals surface area contributed by atoms with Crippen molar-refractivity contribution >= 4 is 5.97 Å². The van der Waals surface area contributed by atoms with Gasteiger partial charge in [-0.05, 0) is 35.1 Å². The van der Waals surface area contributed by atoms with E-state index in [0.717, 1.165) is 13.1 Å². The van der Waals surface area contributed by atoms with Crippen LogP contribution in [0.25, 0.3) is 0 Å². The van der Waals surface area contributed by atoms with Crippen molar-refractivity contribution in [2.75, 3.05) is 47.9 Å². The van der Waals surface area contributed by atoms with E-state index < -0.39 is 0 Å². The molecule has 0 radical (unpaired) electrons. The number of rotatable bonds is 6. The van der Waals surface area contributed by atoms with Crippen LogP contribution in [0.15, 0.2) is 0 Å². The molecular formula is C10H22N2O2. The maximum atomic E-state index is 11.5. The number of carbonyl (C=O) groups is 1. The van der Waals surface area contributed by atoms with Crippen LogP contribution in [-0.4, -0.2) is 63.7 Å². The quantitative estimate of drug-likeness (QED) is 0.580. The van der Waals surface area contributed by atoms with Gasteiger partial charge in [0.15, 0.2) is 0 Å². The van der Waals surface area contributed by atoms with Crippen LogP contribution in [0.1, 0.15) is 6.92 Å². The van der Waals surface area contributed by atoms with Gasteiger partial charge in [0.25, 0.3) is 0 Å². The SMILES string of the molecule is CCOC(=O)C(CN(C)C)CN(C)C. The largest absolute Gasteiger partial charge is 0.466 e. The Morgan fingerprint density at radius 2 is 1.57 bits per heavy atom. The van der Waals surface area contributed by atoms with Crippen molar-refractivity contribution in [3.63, 3.8) is 0 Å². The van der Waals surface area contributed by atoms with Crippen molar-refractivity contribution in [2.45, 2.75) is 6.92 Å². The second kappa shape index (κ2) is 6.79. The summed E-state index contributed by atoms with van der Waals surface area (Å²) in [6.07, 6.45) is 0. The number of ether oxygens (including phenoxy) is 1. The summed E-state index contributed by atoms with van der Waals surface area (Å²) < 4.78 is 5.01. The molecule has 0 atom stereocenters. The van der Waals surface area contributed by atoms with Gasteiger partial charge in [0, 0.05) is 13.1 Å². The average molecular weight is 202 g/mol. The van der Waals surface area contributed by atoms with Crippen LogP contribution >= 0.6 is 0 Å². The second-order valence-corrected chi connectivity index (χ2v) is 3.97. The summed E-state index contributed by atoms with van der Waals surface area (Å²) in [5.41, 5.74) is 0. The fraction of sp³-hybridized carbons (Fsp3) is 0.900. The lowest BCUT2D eigenvalue weighted by molar-refractivity contribution is -0.149. The van der Waals surface area contributed by atoms with E-state index >= 15 is 0 Å². The molecule has 0 aromatic carbocycles. The zero-order valence-electron chi connectivity index (χ0n) is 9.91. The molecule has 0 aliphatic carbocycles. The molecule has 0 amide bonds. The molecule has 0 aromatic rings. The predicted octanol–water partition coefficient (Wildman–Crippen LogP) is 0.289. The van der Waals surface area contributed by atoms with Crippen LogP contribution in [0.5, 0.6) is 0 Å². The molecule has 0 saturated heterocycles. The van der Waals surface area contributed by atoms with Gasteiger partial charge in [-0.1, -0.05) is 0 Å². The summed E-state index contributed by atoms with van der Waals surface area (Å²) in [5.74, 6) is -0.158. The summed E-state index contributed by atoms with van der Waals surface area (Å²) in [4.78, 5) is 15.5. The van der Waals surface area contributed by atoms with Crippen LogP contribution in [0.2, 0.25) is 0 Å². The molecule has 0 aliphatic rings. The van der Waals surface area contributed by atoms with Crippen LogP contribution < -0.4 is 0 Å². The molecule has 14 heavy (non-hydrogen) atoms. The highest BCUT2D eigenvalue weighted by atomic mass is 16.5. The van der Waals surface area contributed by atoms with Crippen LogP contribution in [0.3, 0.4) is 0 Å². The van der Waals surface area contributed by atoms with Crippen molar-refractivity contribution < 1.29 is 9.53 Å². The van der Waals surface area contributed by atoms with E-state index in [0.29, 0.717) is 6.61 Å². The van der Waals surface area contributed by atoms with E-state index in [1.165, 1.54) is 0 Å². The predicted molar refractivity (Wildman–Crippen MR) is 57.2 cm³/mol. The van der Waals surface area contributed by atoms with Gasteiger partial charge in [0.2, 0.25) is 0 Å². The summed E-state index contributed by atoms with van der Waals surface area (Å²) in [7, 11) is 7.84. The van der Waals surface area contributed by atoms with E-state index in [9.17, 15) is 4.79 Å².